The van der Waals surface area contributed by atoms with Crippen LogP contribution < -0.4 is 10.2 Å². The van der Waals surface area contributed by atoms with Crippen molar-refractivity contribution in [1.29, 1.82) is 5.26 Å². The minimum Gasteiger partial charge on any atom is -0.355 e. The summed E-state index contributed by atoms with van der Waals surface area (Å²) in [5.41, 5.74) is -0.121. The number of carbonyl (C=O) groups is 1. The third-order valence-electron chi connectivity index (χ3n) is 4.22. The van der Waals surface area contributed by atoms with E-state index < -0.39 is 18.6 Å². The van der Waals surface area contributed by atoms with Crippen molar-refractivity contribution < 1.29 is 18.0 Å². The summed E-state index contributed by atoms with van der Waals surface area (Å²) in [6.07, 6.45) is -2.77. The van der Waals surface area contributed by atoms with E-state index in [1.54, 1.807) is 23.1 Å². The van der Waals surface area contributed by atoms with E-state index in [2.05, 4.69) is 9.97 Å². The van der Waals surface area contributed by atoms with Crippen LogP contribution in [0, 0.1) is 11.3 Å². The molecule has 1 saturated heterocycles. The summed E-state index contributed by atoms with van der Waals surface area (Å²) < 4.78 is 37.3. The lowest BCUT2D eigenvalue weighted by Crippen LogP contribution is -2.35. The van der Waals surface area contributed by atoms with E-state index in [1.165, 1.54) is 11.8 Å². The van der Waals surface area contributed by atoms with Gasteiger partial charge in [0.2, 0.25) is 5.82 Å². The fraction of sp³-hybridized carbons (Fsp3) is 0.333. The monoisotopic (exact) mass is 475 g/mol. The number of nitriles is 1. The summed E-state index contributed by atoms with van der Waals surface area (Å²) >= 11 is 13.8. The van der Waals surface area contributed by atoms with Gasteiger partial charge in [-0.2, -0.15) is 18.4 Å². The molecule has 1 unspecified atom stereocenters. The first-order valence-corrected chi connectivity index (χ1v) is 10.3. The minimum atomic E-state index is -4.55. The van der Waals surface area contributed by atoms with Crippen molar-refractivity contribution in [3.63, 3.8) is 0 Å². The molecule has 158 valence electrons. The van der Waals surface area contributed by atoms with Gasteiger partial charge in [-0.15, -0.1) is 11.8 Å². The molecule has 0 saturated carbocycles. The molecule has 1 aromatic carbocycles. The lowest BCUT2D eigenvalue weighted by atomic mass is 10.2. The highest BCUT2D eigenvalue weighted by Crippen LogP contribution is 2.38. The van der Waals surface area contributed by atoms with E-state index >= 15 is 0 Å². The Morgan fingerprint density at radius 1 is 1.40 bits per heavy atom. The molecule has 1 fully saturated rings. The van der Waals surface area contributed by atoms with Gasteiger partial charge in [-0.25, -0.2) is 9.97 Å². The average molecular weight is 476 g/mol. The Morgan fingerprint density at radius 2 is 2.17 bits per heavy atom. The molecule has 2 aromatic rings. The van der Waals surface area contributed by atoms with Gasteiger partial charge in [-0.1, -0.05) is 29.3 Å². The molecule has 1 atom stereocenters. The summed E-state index contributed by atoms with van der Waals surface area (Å²) in [4.78, 5) is 22.6. The molecule has 2 heterocycles. The van der Waals surface area contributed by atoms with E-state index in [-0.39, 0.29) is 22.5 Å². The number of carbonyl (C=O) groups excluding carboxylic acids is 1. The topological polar surface area (TPSA) is 81.9 Å². The predicted octanol–water partition coefficient (Wildman–Crippen LogP) is 4.32. The van der Waals surface area contributed by atoms with Crippen LogP contribution in [-0.4, -0.2) is 46.9 Å². The van der Waals surface area contributed by atoms with Crippen LogP contribution in [0.2, 0.25) is 10.0 Å². The number of nitrogens with one attached hydrogen (secondary N) is 1. The number of rotatable bonds is 5. The number of benzene rings is 1. The van der Waals surface area contributed by atoms with Crippen molar-refractivity contribution >= 4 is 46.7 Å². The van der Waals surface area contributed by atoms with Gasteiger partial charge in [0.15, 0.2) is 0 Å². The van der Waals surface area contributed by atoms with Crippen molar-refractivity contribution in [2.75, 3.05) is 24.5 Å². The largest absolute Gasteiger partial charge is 0.405 e. The van der Waals surface area contributed by atoms with E-state index in [0.717, 1.165) is 11.1 Å². The molecule has 1 aliphatic rings. The highest BCUT2D eigenvalue weighted by atomic mass is 35.5. The maximum absolute atomic E-state index is 12.4. The maximum atomic E-state index is 12.4. The van der Waals surface area contributed by atoms with Crippen LogP contribution in [0.3, 0.4) is 0 Å². The molecule has 0 radical (unpaired) electrons. The predicted molar refractivity (Wildman–Crippen MR) is 108 cm³/mol. The van der Waals surface area contributed by atoms with Gasteiger partial charge in [0.1, 0.15) is 24.0 Å². The number of thioether (sulfide) groups is 1. The van der Waals surface area contributed by atoms with Gasteiger partial charge in [0, 0.05) is 29.4 Å². The van der Waals surface area contributed by atoms with Crippen molar-refractivity contribution in [2.24, 2.45) is 0 Å². The number of nitrogens with zero attached hydrogens (tertiary/aromatic N) is 4. The lowest BCUT2D eigenvalue weighted by Gasteiger charge is -2.20. The fourth-order valence-corrected chi connectivity index (χ4v) is 4.57. The molecule has 6 nitrogen and oxygen atoms in total. The third-order valence-corrected chi connectivity index (χ3v) is 6.46. The van der Waals surface area contributed by atoms with Crippen LogP contribution in [0.1, 0.15) is 22.6 Å². The number of aromatic nitrogens is 2. The molecule has 12 heteroatoms. The summed E-state index contributed by atoms with van der Waals surface area (Å²) in [6.45, 7) is -0.525. The molecule has 1 N–H and O–H groups in total. The molecule has 1 amide bonds. The summed E-state index contributed by atoms with van der Waals surface area (Å²) in [7, 11) is 0. The summed E-state index contributed by atoms with van der Waals surface area (Å²) in [6, 6.07) is 7.10. The zero-order valence-electron chi connectivity index (χ0n) is 15.2. The van der Waals surface area contributed by atoms with Gasteiger partial charge < -0.3 is 10.2 Å². The second-order valence-electron chi connectivity index (χ2n) is 6.37. The first-order valence-electron chi connectivity index (χ1n) is 8.65. The highest BCUT2D eigenvalue weighted by Gasteiger charge is 2.31. The summed E-state index contributed by atoms with van der Waals surface area (Å²) in [5.74, 6) is -1.01. The Morgan fingerprint density at radius 3 is 2.87 bits per heavy atom. The minimum absolute atomic E-state index is 0.0764. The first kappa shape index (κ1) is 22.5. The van der Waals surface area contributed by atoms with Crippen LogP contribution in [0.15, 0.2) is 29.3 Å². The number of anilines is 1. The first-order chi connectivity index (χ1) is 14.2. The molecule has 30 heavy (non-hydrogen) atoms. The van der Waals surface area contributed by atoms with Crippen molar-refractivity contribution in [1.82, 2.24) is 15.3 Å². The Kier molecular flexibility index (Phi) is 6.95. The van der Waals surface area contributed by atoms with Crippen molar-refractivity contribution in [3.8, 4) is 6.07 Å². The number of hydrogen-bond donors (Lipinski definition) is 1. The molecule has 0 bridgehead atoms. The third kappa shape index (κ3) is 5.47. The fourth-order valence-electron chi connectivity index (χ4n) is 2.88. The standard InChI is InChI=1S/C18H14Cl2F3N5OS/c19-12-2-1-3-13(15(12)20)30-10-4-5-28(8-10)16-11(7-25-14(6-24)27-16)17(29)26-9-18(21,22)23/h1-3,7,10H,4-5,8-9H2,(H,26,29). The molecule has 1 aromatic heterocycles. The van der Waals surface area contributed by atoms with Gasteiger partial charge in [-0.3, -0.25) is 4.79 Å². The Bertz CT molecular complexity index is 999. The number of alkyl halides is 3. The molecule has 3 rings (SSSR count). The number of amides is 1. The van der Waals surface area contributed by atoms with Gasteiger partial charge in [-0.05, 0) is 18.6 Å². The lowest BCUT2D eigenvalue weighted by molar-refractivity contribution is -0.123. The van der Waals surface area contributed by atoms with Crippen LogP contribution >= 0.6 is 35.0 Å². The zero-order chi connectivity index (χ0) is 21.9. The second kappa shape index (κ2) is 9.29. The molecule has 0 aliphatic carbocycles. The van der Waals surface area contributed by atoms with Crippen LogP contribution in [0.25, 0.3) is 0 Å². The van der Waals surface area contributed by atoms with E-state index in [1.807, 2.05) is 11.4 Å². The number of hydrogen-bond acceptors (Lipinski definition) is 6. The molecule has 1 aliphatic heterocycles. The molecule has 0 spiro atoms. The van der Waals surface area contributed by atoms with Gasteiger partial charge in [0.05, 0.1) is 10.0 Å². The van der Waals surface area contributed by atoms with Gasteiger partial charge in [0.25, 0.3) is 5.91 Å². The number of halogens is 5. The Labute approximate surface area is 184 Å². The van der Waals surface area contributed by atoms with Crippen LogP contribution in [-0.2, 0) is 0 Å². The highest BCUT2D eigenvalue weighted by molar-refractivity contribution is 8.00. The molecular weight excluding hydrogens is 462 g/mol. The molecular formula is C18H14Cl2F3N5OS. The van der Waals surface area contributed by atoms with Crippen LogP contribution in [0.5, 0.6) is 0 Å². The summed E-state index contributed by atoms with van der Waals surface area (Å²) in [5, 5.41) is 11.9. The Hall–Kier alpha value is -2.22. The van der Waals surface area contributed by atoms with Gasteiger partial charge >= 0.3 is 6.18 Å². The second-order valence-corrected chi connectivity index (χ2v) is 8.49. The SMILES string of the molecule is N#Cc1ncc(C(=O)NCC(F)(F)F)c(N2CCC(Sc3cccc(Cl)c3Cl)C2)n1. The Balaban J connectivity index is 1.78. The van der Waals surface area contributed by atoms with E-state index in [4.69, 9.17) is 28.5 Å². The smallest absolute Gasteiger partial charge is 0.355 e. The van der Waals surface area contributed by atoms with E-state index in [9.17, 15) is 18.0 Å². The average Bonchev–Trinajstić information content (AvgIpc) is 3.17. The van der Waals surface area contributed by atoms with Crippen LogP contribution in [0.4, 0.5) is 19.0 Å². The zero-order valence-corrected chi connectivity index (χ0v) is 17.5. The van der Waals surface area contributed by atoms with Crippen molar-refractivity contribution in [3.05, 3.63) is 45.8 Å². The van der Waals surface area contributed by atoms with Crippen molar-refractivity contribution in [2.45, 2.75) is 22.7 Å². The normalized spacial score (nSPS) is 16.4. The van der Waals surface area contributed by atoms with E-state index in [0.29, 0.717) is 29.6 Å². The maximum Gasteiger partial charge on any atom is 0.405 e. The quantitative estimate of drug-likeness (QED) is 0.693.